The third kappa shape index (κ3) is 4.06. The molecule has 6 nitrogen and oxygen atoms in total. The van der Waals surface area contributed by atoms with Crippen LogP contribution in [-0.2, 0) is 4.79 Å². The molecule has 1 saturated heterocycles. The summed E-state index contributed by atoms with van der Waals surface area (Å²) in [5, 5.41) is 12.6. The largest absolute Gasteiger partial charge is 0.478 e. The fourth-order valence-electron chi connectivity index (χ4n) is 3.06. The Hall–Kier alpha value is -3.58. The normalized spacial score (nSPS) is 16.3. The van der Waals surface area contributed by atoms with E-state index in [2.05, 4.69) is 10.3 Å². The molecule has 0 radical (unpaired) electrons. The summed E-state index contributed by atoms with van der Waals surface area (Å²) in [5.41, 5.74) is 3.45. The Labute approximate surface area is 177 Å². The second-order valence-corrected chi connectivity index (χ2v) is 7.83. The first kappa shape index (κ1) is 19.7. The minimum absolute atomic E-state index is 0.228. The number of thioether (sulfide) groups is 1. The third-order valence-corrected chi connectivity index (χ3v) is 5.56. The minimum atomic E-state index is -0.984. The number of aliphatic imine (C=N–C) groups is 1. The molecule has 3 aromatic rings. The summed E-state index contributed by atoms with van der Waals surface area (Å²) in [6.07, 6.45) is 1.65. The first-order valence-electron chi connectivity index (χ1n) is 9.20. The van der Waals surface area contributed by atoms with Crippen molar-refractivity contribution in [1.29, 1.82) is 0 Å². The SMILES string of the molecule is Cc1ccc(N=C2NC(=O)/C(=C\c3ccc(-c4cccc(C(=O)O)c4C)o3)S2)cc1. The van der Waals surface area contributed by atoms with Gasteiger partial charge in [0.05, 0.1) is 16.2 Å². The van der Waals surface area contributed by atoms with E-state index in [9.17, 15) is 14.7 Å². The number of carbonyl (C=O) groups is 2. The fourth-order valence-corrected chi connectivity index (χ4v) is 3.88. The molecular formula is C23H18N2O4S. The Morgan fingerprint density at radius 3 is 2.60 bits per heavy atom. The molecule has 0 atom stereocenters. The molecule has 0 saturated carbocycles. The average Bonchev–Trinajstić information content (AvgIpc) is 3.30. The Bertz CT molecular complexity index is 1210. The summed E-state index contributed by atoms with van der Waals surface area (Å²) in [5.74, 6) is -0.186. The predicted octanol–water partition coefficient (Wildman–Crippen LogP) is 5.15. The number of amidine groups is 1. The van der Waals surface area contributed by atoms with Gasteiger partial charge in [-0.3, -0.25) is 4.79 Å². The number of aryl methyl sites for hydroxylation is 1. The number of carboxylic acid groups (broad SMARTS) is 1. The number of rotatable bonds is 4. The molecule has 2 aromatic carbocycles. The first-order chi connectivity index (χ1) is 14.4. The van der Waals surface area contributed by atoms with E-state index < -0.39 is 5.97 Å². The van der Waals surface area contributed by atoms with Crippen LogP contribution in [0.25, 0.3) is 17.4 Å². The zero-order valence-electron chi connectivity index (χ0n) is 16.3. The van der Waals surface area contributed by atoms with Crippen LogP contribution in [0.1, 0.15) is 27.2 Å². The summed E-state index contributed by atoms with van der Waals surface area (Å²) in [4.78, 5) is 28.6. The summed E-state index contributed by atoms with van der Waals surface area (Å²) in [7, 11) is 0. The topological polar surface area (TPSA) is 91.9 Å². The molecule has 30 heavy (non-hydrogen) atoms. The van der Waals surface area contributed by atoms with Gasteiger partial charge in [0.2, 0.25) is 0 Å². The number of benzene rings is 2. The molecule has 7 heteroatoms. The van der Waals surface area contributed by atoms with E-state index in [4.69, 9.17) is 4.42 Å². The lowest BCUT2D eigenvalue weighted by Gasteiger charge is -2.05. The lowest BCUT2D eigenvalue weighted by atomic mass is 10.0. The standard InChI is InChI=1S/C23H18N2O4S/c1-13-6-8-15(9-7-13)24-23-25-21(26)20(30-23)12-16-10-11-19(29-16)17-4-3-5-18(14(17)2)22(27)28/h3-12H,1-2H3,(H,27,28)(H,24,25,26)/b20-12+. The van der Waals surface area contributed by atoms with Gasteiger partial charge in [-0.05, 0) is 61.5 Å². The second kappa shape index (κ2) is 8.04. The van der Waals surface area contributed by atoms with Crippen molar-refractivity contribution < 1.29 is 19.1 Å². The molecule has 4 rings (SSSR count). The van der Waals surface area contributed by atoms with E-state index in [1.807, 2.05) is 31.2 Å². The van der Waals surface area contributed by atoms with Crippen LogP contribution in [0.5, 0.6) is 0 Å². The highest BCUT2D eigenvalue weighted by atomic mass is 32.2. The predicted molar refractivity (Wildman–Crippen MR) is 118 cm³/mol. The van der Waals surface area contributed by atoms with E-state index in [0.717, 1.165) is 11.3 Å². The fraction of sp³-hybridized carbons (Fsp3) is 0.0870. The Balaban J connectivity index is 1.57. The molecule has 0 spiro atoms. The van der Waals surface area contributed by atoms with Crippen molar-refractivity contribution in [2.24, 2.45) is 4.99 Å². The second-order valence-electron chi connectivity index (χ2n) is 6.80. The number of nitrogens with one attached hydrogen (secondary N) is 1. The molecule has 1 amide bonds. The molecule has 150 valence electrons. The maximum absolute atomic E-state index is 12.3. The van der Waals surface area contributed by atoms with Crippen LogP contribution in [0.15, 0.2) is 68.9 Å². The first-order valence-corrected chi connectivity index (χ1v) is 10.0. The van der Waals surface area contributed by atoms with Crippen LogP contribution in [-0.4, -0.2) is 22.2 Å². The Morgan fingerprint density at radius 1 is 1.10 bits per heavy atom. The van der Waals surface area contributed by atoms with Crippen LogP contribution in [0.3, 0.4) is 0 Å². The maximum Gasteiger partial charge on any atom is 0.335 e. The Kier molecular flexibility index (Phi) is 5.29. The molecule has 1 aromatic heterocycles. The van der Waals surface area contributed by atoms with Crippen molar-refractivity contribution in [2.75, 3.05) is 0 Å². The van der Waals surface area contributed by atoms with Crippen molar-refractivity contribution in [2.45, 2.75) is 13.8 Å². The summed E-state index contributed by atoms with van der Waals surface area (Å²) in [6, 6.07) is 16.3. The maximum atomic E-state index is 12.3. The monoisotopic (exact) mass is 418 g/mol. The van der Waals surface area contributed by atoms with Crippen LogP contribution in [0.4, 0.5) is 5.69 Å². The molecule has 2 heterocycles. The van der Waals surface area contributed by atoms with Gasteiger partial charge in [-0.15, -0.1) is 0 Å². The molecule has 0 bridgehead atoms. The molecule has 0 unspecified atom stereocenters. The van der Waals surface area contributed by atoms with Gasteiger partial charge >= 0.3 is 5.97 Å². The van der Waals surface area contributed by atoms with E-state index in [1.165, 1.54) is 11.8 Å². The summed E-state index contributed by atoms with van der Waals surface area (Å²) in [6.45, 7) is 3.74. The van der Waals surface area contributed by atoms with Gasteiger partial charge in [0.25, 0.3) is 5.91 Å². The number of hydrogen-bond donors (Lipinski definition) is 2. The smallest absolute Gasteiger partial charge is 0.335 e. The molecule has 1 fully saturated rings. The number of amides is 1. The molecule has 0 aliphatic carbocycles. The number of carboxylic acids is 1. The van der Waals surface area contributed by atoms with E-state index in [-0.39, 0.29) is 11.5 Å². The van der Waals surface area contributed by atoms with E-state index in [1.54, 1.807) is 43.3 Å². The van der Waals surface area contributed by atoms with Crippen molar-refractivity contribution >= 4 is 40.6 Å². The van der Waals surface area contributed by atoms with Gasteiger partial charge in [-0.2, -0.15) is 0 Å². The highest BCUT2D eigenvalue weighted by molar-refractivity contribution is 8.18. The number of hydrogen-bond acceptors (Lipinski definition) is 5. The lowest BCUT2D eigenvalue weighted by molar-refractivity contribution is -0.115. The molecule has 1 aliphatic rings. The van der Waals surface area contributed by atoms with Gasteiger partial charge in [0.15, 0.2) is 5.17 Å². The van der Waals surface area contributed by atoms with Crippen molar-refractivity contribution in [3.63, 3.8) is 0 Å². The molecule has 2 N–H and O–H groups in total. The quantitative estimate of drug-likeness (QED) is 0.572. The van der Waals surface area contributed by atoms with Gasteiger partial charge < -0.3 is 14.8 Å². The van der Waals surface area contributed by atoms with Crippen LogP contribution in [0.2, 0.25) is 0 Å². The number of nitrogens with zero attached hydrogens (tertiary/aromatic N) is 1. The van der Waals surface area contributed by atoms with Crippen LogP contribution < -0.4 is 5.32 Å². The third-order valence-electron chi connectivity index (χ3n) is 4.65. The van der Waals surface area contributed by atoms with Gasteiger partial charge in [0.1, 0.15) is 11.5 Å². The lowest BCUT2D eigenvalue weighted by Crippen LogP contribution is -2.19. The number of furan rings is 1. The van der Waals surface area contributed by atoms with Crippen molar-refractivity contribution in [1.82, 2.24) is 5.32 Å². The van der Waals surface area contributed by atoms with Gasteiger partial charge in [0, 0.05) is 11.6 Å². The van der Waals surface area contributed by atoms with Crippen LogP contribution in [0, 0.1) is 13.8 Å². The number of carbonyl (C=O) groups excluding carboxylic acids is 1. The van der Waals surface area contributed by atoms with E-state index in [0.29, 0.717) is 32.7 Å². The Morgan fingerprint density at radius 2 is 1.87 bits per heavy atom. The van der Waals surface area contributed by atoms with E-state index >= 15 is 0 Å². The summed E-state index contributed by atoms with van der Waals surface area (Å²) < 4.78 is 5.86. The average molecular weight is 418 g/mol. The zero-order valence-corrected chi connectivity index (χ0v) is 17.1. The van der Waals surface area contributed by atoms with Crippen molar-refractivity contribution in [3.05, 3.63) is 82.0 Å². The number of aromatic carboxylic acids is 1. The highest BCUT2D eigenvalue weighted by Gasteiger charge is 2.24. The zero-order chi connectivity index (χ0) is 21.3. The molecule has 1 aliphatic heterocycles. The minimum Gasteiger partial charge on any atom is -0.478 e. The molecular weight excluding hydrogens is 400 g/mol. The van der Waals surface area contributed by atoms with Gasteiger partial charge in [-0.1, -0.05) is 29.8 Å². The van der Waals surface area contributed by atoms with Crippen LogP contribution >= 0.6 is 11.8 Å². The summed E-state index contributed by atoms with van der Waals surface area (Å²) >= 11 is 1.24. The highest BCUT2D eigenvalue weighted by Crippen LogP contribution is 2.31. The van der Waals surface area contributed by atoms with Crippen molar-refractivity contribution in [3.8, 4) is 11.3 Å². The van der Waals surface area contributed by atoms with Gasteiger partial charge in [-0.25, -0.2) is 9.79 Å².